The molecule has 1 heterocycles. The molecule has 1 aromatic carbocycles. The van der Waals surface area contributed by atoms with Crippen molar-refractivity contribution in [3.63, 3.8) is 0 Å². The lowest BCUT2D eigenvalue weighted by molar-refractivity contribution is 0.428. The molecule has 0 unspecified atom stereocenters. The average Bonchev–Trinajstić information content (AvgIpc) is 2.45. The molecule has 1 N–H and O–H groups in total. The number of rotatable bonds is 5. The first-order chi connectivity index (χ1) is 9.89. The van der Waals surface area contributed by atoms with E-state index in [0.717, 1.165) is 17.6 Å². The zero-order valence-electron chi connectivity index (χ0n) is 13.0. The minimum absolute atomic E-state index is 0.375. The Hall–Kier alpha value is -1.17. The van der Waals surface area contributed by atoms with Crippen LogP contribution < -0.4 is 5.32 Å². The predicted octanol–water partition coefficient (Wildman–Crippen LogP) is 2.53. The Bertz CT molecular complexity index is 621. The molecular formula is C16H24N2O2S. The van der Waals surface area contributed by atoms with Gasteiger partial charge in [0.15, 0.2) is 0 Å². The average molecular weight is 308 g/mol. The molecule has 0 atom stereocenters. The molecule has 1 aliphatic heterocycles. The van der Waals surface area contributed by atoms with Gasteiger partial charge in [-0.05, 0) is 31.0 Å². The van der Waals surface area contributed by atoms with Crippen molar-refractivity contribution in [2.24, 2.45) is 0 Å². The summed E-state index contributed by atoms with van der Waals surface area (Å²) >= 11 is 0. The van der Waals surface area contributed by atoms with E-state index in [2.05, 4.69) is 25.2 Å². The van der Waals surface area contributed by atoms with Crippen molar-refractivity contribution >= 4 is 10.0 Å². The Balaban J connectivity index is 2.20. The molecule has 0 saturated heterocycles. The second-order valence-corrected chi connectivity index (χ2v) is 7.80. The lowest BCUT2D eigenvalue weighted by Gasteiger charge is -2.25. The standard InChI is InChI=1S/C16H24N2O2S/c1-13(2)17-11-15-7-4-8-16(10-15)21(19,20)18-9-5-6-14(3)12-18/h4,6-8,10,13,17H,5,9,11-12H2,1-3H3. The fraction of sp³-hybridized carbons (Fsp3) is 0.500. The number of nitrogens with one attached hydrogen (secondary N) is 1. The van der Waals surface area contributed by atoms with Crippen LogP contribution in [0.5, 0.6) is 0 Å². The SMILES string of the molecule is CC1=CCCN(S(=O)(=O)c2cccc(CNC(C)C)c2)C1. The van der Waals surface area contributed by atoms with Crippen molar-refractivity contribution in [2.75, 3.05) is 13.1 Å². The lowest BCUT2D eigenvalue weighted by atomic mass is 10.2. The maximum Gasteiger partial charge on any atom is 0.243 e. The van der Waals surface area contributed by atoms with Crippen molar-refractivity contribution in [3.05, 3.63) is 41.5 Å². The summed E-state index contributed by atoms with van der Waals surface area (Å²) in [5.74, 6) is 0. The van der Waals surface area contributed by atoms with Crippen LogP contribution in [0, 0.1) is 0 Å². The van der Waals surface area contributed by atoms with Gasteiger partial charge in [0, 0.05) is 25.7 Å². The Morgan fingerprint density at radius 1 is 1.33 bits per heavy atom. The first kappa shape index (κ1) is 16.2. The van der Waals surface area contributed by atoms with Crippen molar-refractivity contribution in [3.8, 4) is 0 Å². The molecule has 4 nitrogen and oxygen atoms in total. The molecule has 2 rings (SSSR count). The normalized spacial score (nSPS) is 17.0. The summed E-state index contributed by atoms with van der Waals surface area (Å²) in [4.78, 5) is 0.389. The Morgan fingerprint density at radius 2 is 2.10 bits per heavy atom. The Labute approximate surface area is 127 Å². The minimum atomic E-state index is -3.39. The number of benzene rings is 1. The topological polar surface area (TPSA) is 49.4 Å². The summed E-state index contributed by atoms with van der Waals surface area (Å²) in [6.07, 6.45) is 2.90. The fourth-order valence-corrected chi connectivity index (χ4v) is 3.94. The third-order valence-electron chi connectivity index (χ3n) is 3.55. The molecule has 0 spiro atoms. The van der Waals surface area contributed by atoms with E-state index < -0.39 is 10.0 Å². The Kier molecular flexibility index (Phi) is 5.19. The van der Waals surface area contributed by atoms with E-state index in [1.807, 2.05) is 19.1 Å². The summed E-state index contributed by atoms with van der Waals surface area (Å²) in [5.41, 5.74) is 2.11. The summed E-state index contributed by atoms with van der Waals surface area (Å²) in [5, 5.41) is 3.31. The largest absolute Gasteiger partial charge is 0.310 e. The summed E-state index contributed by atoms with van der Waals surface area (Å²) < 4.78 is 27.0. The van der Waals surface area contributed by atoms with Gasteiger partial charge >= 0.3 is 0 Å². The van der Waals surface area contributed by atoms with Gasteiger partial charge in [-0.2, -0.15) is 4.31 Å². The maximum absolute atomic E-state index is 12.7. The molecule has 116 valence electrons. The molecule has 0 aromatic heterocycles. The highest BCUT2D eigenvalue weighted by Crippen LogP contribution is 2.21. The monoisotopic (exact) mass is 308 g/mol. The van der Waals surface area contributed by atoms with Gasteiger partial charge in [0.25, 0.3) is 0 Å². The fourth-order valence-electron chi connectivity index (χ4n) is 2.37. The molecule has 0 amide bonds. The van der Waals surface area contributed by atoms with Gasteiger partial charge in [0.05, 0.1) is 4.90 Å². The first-order valence-electron chi connectivity index (χ1n) is 7.37. The van der Waals surface area contributed by atoms with Crippen LogP contribution in [0.4, 0.5) is 0 Å². The van der Waals surface area contributed by atoms with Crippen molar-refractivity contribution < 1.29 is 8.42 Å². The Morgan fingerprint density at radius 3 is 2.76 bits per heavy atom. The zero-order chi connectivity index (χ0) is 15.5. The van der Waals surface area contributed by atoms with E-state index in [1.54, 1.807) is 16.4 Å². The molecule has 1 aliphatic rings. The van der Waals surface area contributed by atoms with E-state index in [0.29, 0.717) is 30.6 Å². The number of hydrogen-bond donors (Lipinski definition) is 1. The van der Waals surface area contributed by atoms with Crippen LogP contribution in [0.15, 0.2) is 40.8 Å². The van der Waals surface area contributed by atoms with Crippen LogP contribution in [0.3, 0.4) is 0 Å². The van der Waals surface area contributed by atoms with E-state index in [-0.39, 0.29) is 0 Å². The van der Waals surface area contributed by atoms with Crippen molar-refractivity contribution in [1.82, 2.24) is 9.62 Å². The highest BCUT2D eigenvalue weighted by Gasteiger charge is 2.25. The predicted molar refractivity (Wildman–Crippen MR) is 85.6 cm³/mol. The van der Waals surface area contributed by atoms with Crippen LogP contribution in [0.1, 0.15) is 32.8 Å². The zero-order valence-corrected chi connectivity index (χ0v) is 13.8. The summed E-state index contributed by atoms with van der Waals surface area (Å²) in [6.45, 7) is 7.86. The van der Waals surface area contributed by atoms with Gasteiger partial charge in [-0.1, -0.05) is 37.6 Å². The van der Waals surface area contributed by atoms with Gasteiger partial charge in [0.2, 0.25) is 10.0 Å². The highest BCUT2D eigenvalue weighted by molar-refractivity contribution is 7.89. The second-order valence-electron chi connectivity index (χ2n) is 5.86. The first-order valence-corrected chi connectivity index (χ1v) is 8.81. The third-order valence-corrected chi connectivity index (χ3v) is 5.39. The van der Waals surface area contributed by atoms with Crippen LogP contribution in [0.2, 0.25) is 0 Å². The molecular weight excluding hydrogens is 284 g/mol. The van der Waals surface area contributed by atoms with Crippen molar-refractivity contribution in [1.29, 1.82) is 0 Å². The van der Waals surface area contributed by atoms with Crippen LogP contribution in [0.25, 0.3) is 0 Å². The van der Waals surface area contributed by atoms with Gasteiger partial charge in [-0.25, -0.2) is 8.42 Å². The van der Waals surface area contributed by atoms with Crippen LogP contribution in [-0.2, 0) is 16.6 Å². The molecule has 0 radical (unpaired) electrons. The summed E-state index contributed by atoms with van der Waals surface area (Å²) in [6, 6.07) is 7.60. The van der Waals surface area contributed by atoms with Crippen LogP contribution >= 0.6 is 0 Å². The molecule has 0 fully saturated rings. The molecule has 5 heteroatoms. The van der Waals surface area contributed by atoms with E-state index in [9.17, 15) is 8.42 Å². The summed E-state index contributed by atoms with van der Waals surface area (Å²) in [7, 11) is -3.39. The molecule has 0 aliphatic carbocycles. The van der Waals surface area contributed by atoms with Crippen molar-refractivity contribution in [2.45, 2.75) is 44.7 Å². The smallest absolute Gasteiger partial charge is 0.243 e. The molecule has 0 saturated carbocycles. The number of nitrogens with zero attached hydrogens (tertiary/aromatic N) is 1. The minimum Gasteiger partial charge on any atom is -0.310 e. The number of hydrogen-bond acceptors (Lipinski definition) is 3. The lowest BCUT2D eigenvalue weighted by Crippen LogP contribution is -2.35. The molecule has 21 heavy (non-hydrogen) atoms. The quantitative estimate of drug-likeness (QED) is 0.850. The van der Waals surface area contributed by atoms with Gasteiger partial charge in [0.1, 0.15) is 0 Å². The van der Waals surface area contributed by atoms with Gasteiger partial charge in [-0.3, -0.25) is 0 Å². The van der Waals surface area contributed by atoms with E-state index in [1.165, 1.54) is 0 Å². The highest BCUT2D eigenvalue weighted by atomic mass is 32.2. The third kappa shape index (κ3) is 4.15. The molecule has 0 bridgehead atoms. The number of sulfonamides is 1. The van der Waals surface area contributed by atoms with E-state index >= 15 is 0 Å². The van der Waals surface area contributed by atoms with Gasteiger partial charge in [-0.15, -0.1) is 0 Å². The maximum atomic E-state index is 12.7. The van der Waals surface area contributed by atoms with Crippen LogP contribution in [-0.4, -0.2) is 31.9 Å². The second kappa shape index (κ2) is 6.73. The molecule has 1 aromatic rings. The van der Waals surface area contributed by atoms with Gasteiger partial charge < -0.3 is 5.32 Å². The van der Waals surface area contributed by atoms with E-state index in [4.69, 9.17) is 0 Å².